The lowest BCUT2D eigenvalue weighted by Gasteiger charge is -2.21. The van der Waals surface area contributed by atoms with Gasteiger partial charge in [-0.05, 0) is 50.3 Å². The van der Waals surface area contributed by atoms with Gasteiger partial charge < -0.3 is 10.4 Å². The summed E-state index contributed by atoms with van der Waals surface area (Å²) >= 11 is 3.42. The third-order valence-corrected chi connectivity index (χ3v) is 4.14. The first-order chi connectivity index (χ1) is 8.01. The number of halogens is 1. The molecule has 0 unspecified atom stereocenters. The topological polar surface area (TPSA) is 49.3 Å². The van der Waals surface area contributed by atoms with E-state index in [1.54, 1.807) is 0 Å². The van der Waals surface area contributed by atoms with Crippen LogP contribution in [0.2, 0.25) is 0 Å². The molecule has 92 valence electrons. The number of hydrogen-bond donors (Lipinski definition) is 2. The van der Waals surface area contributed by atoms with Gasteiger partial charge >= 0.3 is 0 Å². The first kappa shape index (κ1) is 12.6. The average Bonchev–Trinajstić information content (AvgIpc) is 2.72. The van der Waals surface area contributed by atoms with Crippen LogP contribution in [-0.2, 0) is 4.79 Å². The highest BCUT2D eigenvalue weighted by molar-refractivity contribution is 9.10. The van der Waals surface area contributed by atoms with E-state index >= 15 is 0 Å². The average molecular weight is 298 g/mol. The van der Waals surface area contributed by atoms with Gasteiger partial charge in [0.15, 0.2) is 0 Å². The summed E-state index contributed by atoms with van der Waals surface area (Å²) in [5.74, 6) is -0.286. The zero-order valence-corrected chi connectivity index (χ0v) is 11.4. The quantitative estimate of drug-likeness (QED) is 0.882. The maximum Gasteiger partial charge on any atom is 0.256 e. The van der Waals surface area contributed by atoms with Crippen molar-refractivity contribution >= 4 is 27.5 Å². The molecule has 17 heavy (non-hydrogen) atoms. The first-order valence-electron chi connectivity index (χ1n) is 5.81. The largest absolute Gasteiger partial charge is 0.380 e. The number of nitrogens with one attached hydrogen (secondary N) is 1. The highest BCUT2D eigenvalue weighted by Crippen LogP contribution is 2.31. The molecule has 1 fully saturated rings. The fraction of sp³-hybridized carbons (Fsp3) is 0.462. The molecule has 0 spiro atoms. The van der Waals surface area contributed by atoms with E-state index < -0.39 is 5.60 Å². The molecule has 0 saturated heterocycles. The highest BCUT2D eigenvalue weighted by Gasteiger charge is 2.38. The summed E-state index contributed by atoms with van der Waals surface area (Å²) in [5, 5.41) is 12.9. The SMILES string of the molecule is Cc1ccc(NC(=O)C2(O)CCCC2)cc1Br. The second-order valence-electron chi connectivity index (χ2n) is 4.66. The van der Waals surface area contributed by atoms with Gasteiger partial charge in [-0.15, -0.1) is 0 Å². The van der Waals surface area contributed by atoms with Crippen molar-refractivity contribution in [1.29, 1.82) is 0 Å². The Balaban J connectivity index is 2.10. The minimum absolute atomic E-state index is 0.286. The maximum atomic E-state index is 12.0. The van der Waals surface area contributed by atoms with Crippen molar-refractivity contribution in [3.05, 3.63) is 28.2 Å². The predicted octanol–water partition coefficient (Wildman–Crippen LogP) is 3.00. The van der Waals surface area contributed by atoms with Gasteiger partial charge in [0, 0.05) is 10.2 Å². The molecular formula is C13H16BrNO2. The smallest absolute Gasteiger partial charge is 0.256 e. The van der Waals surface area contributed by atoms with E-state index in [0.717, 1.165) is 22.9 Å². The number of amides is 1. The fourth-order valence-corrected chi connectivity index (χ4v) is 2.48. The normalized spacial score (nSPS) is 18.1. The number of hydrogen-bond acceptors (Lipinski definition) is 2. The third kappa shape index (κ3) is 2.69. The molecule has 0 radical (unpaired) electrons. The third-order valence-electron chi connectivity index (χ3n) is 3.28. The van der Waals surface area contributed by atoms with E-state index in [9.17, 15) is 9.90 Å². The van der Waals surface area contributed by atoms with Gasteiger partial charge in [-0.2, -0.15) is 0 Å². The maximum absolute atomic E-state index is 12.0. The Kier molecular flexibility index (Phi) is 3.54. The van der Waals surface area contributed by atoms with Crippen molar-refractivity contribution in [1.82, 2.24) is 0 Å². The van der Waals surface area contributed by atoms with Crippen LogP contribution >= 0.6 is 15.9 Å². The van der Waals surface area contributed by atoms with E-state index in [0.29, 0.717) is 18.5 Å². The number of benzene rings is 1. The van der Waals surface area contributed by atoms with E-state index in [1.165, 1.54) is 0 Å². The molecule has 0 bridgehead atoms. The van der Waals surface area contributed by atoms with Crippen molar-refractivity contribution in [3.8, 4) is 0 Å². The van der Waals surface area contributed by atoms with Gasteiger partial charge in [-0.25, -0.2) is 0 Å². The Bertz CT molecular complexity index is 439. The van der Waals surface area contributed by atoms with Crippen LogP contribution in [0.15, 0.2) is 22.7 Å². The van der Waals surface area contributed by atoms with Crippen LogP contribution in [0.4, 0.5) is 5.69 Å². The van der Waals surface area contributed by atoms with E-state index in [2.05, 4.69) is 21.2 Å². The molecule has 2 N–H and O–H groups in total. The predicted molar refractivity (Wildman–Crippen MR) is 70.9 cm³/mol. The Labute approximate surface area is 109 Å². The molecule has 1 saturated carbocycles. The van der Waals surface area contributed by atoms with Gasteiger partial charge in [0.1, 0.15) is 5.60 Å². The van der Waals surface area contributed by atoms with Gasteiger partial charge in [0.2, 0.25) is 0 Å². The van der Waals surface area contributed by atoms with Crippen molar-refractivity contribution in [2.75, 3.05) is 5.32 Å². The second-order valence-corrected chi connectivity index (χ2v) is 5.51. The van der Waals surface area contributed by atoms with Crippen LogP contribution in [0, 0.1) is 6.92 Å². The number of aliphatic hydroxyl groups is 1. The molecule has 1 aromatic rings. The molecule has 0 atom stereocenters. The summed E-state index contributed by atoms with van der Waals surface area (Å²) in [6.45, 7) is 1.99. The summed E-state index contributed by atoms with van der Waals surface area (Å²) in [5.41, 5.74) is 0.660. The van der Waals surface area contributed by atoms with E-state index in [4.69, 9.17) is 0 Å². The minimum Gasteiger partial charge on any atom is -0.380 e. The van der Waals surface area contributed by atoms with Crippen molar-refractivity contribution < 1.29 is 9.90 Å². The Morgan fingerprint density at radius 1 is 1.41 bits per heavy atom. The summed E-state index contributed by atoms with van der Waals surface area (Å²) in [6.07, 6.45) is 2.96. The molecule has 1 aromatic carbocycles. The lowest BCUT2D eigenvalue weighted by atomic mass is 10.0. The lowest BCUT2D eigenvalue weighted by Crippen LogP contribution is -2.40. The summed E-state index contributed by atoms with van der Waals surface area (Å²) in [7, 11) is 0. The number of carbonyl (C=O) groups excluding carboxylic acids is 1. The van der Waals surface area contributed by atoms with Crippen molar-refractivity contribution in [2.45, 2.75) is 38.2 Å². The zero-order chi connectivity index (χ0) is 12.5. The molecular weight excluding hydrogens is 282 g/mol. The second kappa shape index (κ2) is 4.78. The molecule has 4 heteroatoms. The Hall–Kier alpha value is -0.870. The molecule has 1 amide bonds. The summed E-state index contributed by atoms with van der Waals surface area (Å²) in [6, 6.07) is 5.63. The minimum atomic E-state index is -1.17. The first-order valence-corrected chi connectivity index (χ1v) is 6.60. The molecule has 2 rings (SSSR count). The van der Waals surface area contributed by atoms with Gasteiger partial charge in [0.25, 0.3) is 5.91 Å². The Morgan fingerprint density at radius 2 is 2.06 bits per heavy atom. The monoisotopic (exact) mass is 297 g/mol. The van der Waals surface area contributed by atoms with Crippen LogP contribution in [0.1, 0.15) is 31.2 Å². The van der Waals surface area contributed by atoms with Crippen LogP contribution < -0.4 is 5.32 Å². The van der Waals surface area contributed by atoms with Crippen LogP contribution in [0.25, 0.3) is 0 Å². The Morgan fingerprint density at radius 3 is 2.65 bits per heavy atom. The van der Waals surface area contributed by atoms with Crippen LogP contribution in [-0.4, -0.2) is 16.6 Å². The molecule has 1 aliphatic rings. The van der Waals surface area contributed by atoms with Crippen molar-refractivity contribution in [3.63, 3.8) is 0 Å². The molecule has 3 nitrogen and oxygen atoms in total. The van der Waals surface area contributed by atoms with E-state index in [1.807, 2.05) is 25.1 Å². The molecule has 0 aliphatic heterocycles. The van der Waals surface area contributed by atoms with Crippen LogP contribution in [0.3, 0.4) is 0 Å². The lowest BCUT2D eigenvalue weighted by molar-refractivity contribution is -0.133. The highest BCUT2D eigenvalue weighted by atomic mass is 79.9. The summed E-state index contributed by atoms with van der Waals surface area (Å²) in [4.78, 5) is 12.0. The fourth-order valence-electron chi connectivity index (χ4n) is 2.10. The van der Waals surface area contributed by atoms with Gasteiger partial charge in [-0.3, -0.25) is 4.79 Å². The standard InChI is InChI=1S/C13H16BrNO2/c1-9-4-5-10(8-11(9)14)15-12(16)13(17)6-2-3-7-13/h4-5,8,17H,2-3,6-7H2,1H3,(H,15,16). The van der Waals surface area contributed by atoms with Gasteiger partial charge in [-0.1, -0.05) is 22.0 Å². The molecule has 0 heterocycles. The van der Waals surface area contributed by atoms with E-state index in [-0.39, 0.29) is 5.91 Å². The molecule has 0 aromatic heterocycles. The number of aryl methyl sites for hydroxylation is 1. The number of anilines is 1. The zero-order valence-electron chi connectivity index (χ0n) is 9.79. The number of rotatable bonds is 2. The van der Waals surface area contributed by atoms with Crippen molar-refractivity contribution in [2.24, 2.45) is 0 Å². The van der Waals surface area contributed by atoms with Crippen LogP contribution in [0.5, 0.6) is 0 Å². The van der Waals surface area contributed by atoms with Gasteiger partial charge in [0.05, 0.1) is 0 Å². The molecule has 1 aliphatic carbocycles. The number of carbonyl (C=O) groups is 1. The summed E-state index contributed by atoms with van der Waals surface area (Å²) < 4.78 is 0.953.